The average molecular weight is 271 g/mol. The second kappa shape index (κ2) is 5.80. The SMILES string of the molecule is CC1CC(N(C)C(=O)OC(C)(C)C)CCC1C(=O)O. The van der Waals surface area contributed by atoms with Crippen LogP contribution in [0.1, 0.15) is 47.0 Å². The number of hydrogen-bond acceptors (Lipinski definition) is 3. The Hall–Kier alpha value is -1.26. The average Bonchev–Trinajstić information content (AvgIpc) is 2.24. The minimum absolute atomic E-state index is 0.0699. The van der Waals surface area contributed by atoms with Crippen molar-refractivity contribution in [2.24, 2.45) is 11.8 Å². The molecule has 1 aliphatic rings. The van der Waals surface area contributed by atoms with E-state index < -0.39 is 11.6 Å². The van der Waals surface area contributed by atoms with Crippen molar-refractivity contribution < 1.29 is 19.4 Å². The Balaban J connectivity index is 2.58. The minimum Gasteiger partial charge on any atom is -0.481 e. The maximum Gasteiger partial charge on any atom is 0.410 e. The van der Waals surface area contributed by atoms with E-state index in [0.717, 1.165) is 6.42 Å². The lowest BCUT2D eigenvalue weighted by Gasteiger charge is -2.37. The van der Waals surface area contributed by atoms with Crippen molar-refractivity contribution in [3.05, 3.63) is 0 Å². The first-order valence-electron chi connectivity index (χ1n) is 6.80. The minimum atomic E-state index is -0.731. The molecule has 0 saturated heterocycles. The van der Waals surface area contributed by atoms with Gasteiger partial charge in [-0.05, 0) is 46.0 Å². The van der Waals surface area contributed by atoms with Crippen molar-refractivity contribution in [2.45, 2.75) is 58.6 Å². The molecule has 0 heterocycles. The van der Waals surface area contributed by atoms with Crippen molar-refractivity contribution in [3.8, 4) is 0 Å². The fourth-order valence-electron chi connectivity index (χ4n) is 2.57. The number of nitrogens with zero attached hydrogens (tertiary/aromatic N) is 1. The second-order valence-corrected chi connectivity index (χ2v) is 6.48. The summed E-state index contributed by atoms with van der Waals surface area (Å²) in [5, 5.41) is 9.09. The number of hydrogen-bond donors (Lipinski definition) is 1. The highest BCUT2D eigenvalue weighted by Gasteiger charge is 2.35. The summed E-state index contributed by atoms with van der Waals surface area (Å²) < 4.78 is 5.33. The molecule has 5 heteroatoms. The van der Waals surface area contributed by atoms with Crippen molar-refractivity contribution in [2.75, 3.05) is 7.05 Å². The zero-order chi connectivity index (χ0) is 14.8. The van der Waals surface area contributed by atoms with Crippen LogP contribution in [0.3, 0.4) is 0 Å². The molecule has 0 aromatic heterocycles. The van der Waals surface area contributed by atoms with Crippen LogP contribution in [0.5, 0.6) is 0 Å². The van der Waals surface area contributed by atoms with E-state index in [4.69, 9.17) is 9.84 Å². The first-order chi connectivity index (χ1) is 8.61. The molecule has 0 aliphatic heterocycles. The van der Waals surface area contributed by atoms with Gasteiger partial charge >= 0.3 is 12.1 Å². The van der Waals surface area contributed by atoms with Crippen LogP contribution in [0.4, 0.5) is 4.79 Å². The van der Waals surface area contributed by atoms with E-state index in [1.165, 1.54) is 0 Å². The molecule has 3 atom stereocenters. The molecule has 1 rings (SSSR count). The van der Waals surface area contributed by atoms with Crippen molar-refractivity contribution >= 4 is 12.1 Å². The molecule has 0 bridgehead atoms. The zero-order valence-electron chi connectivity index (χ0n) is 12.5. The summed E-state index contributed by atoms with van der Waals surface area (Å²) in [5.74, 6) is -0.935. The smallest absolute Gasteiger partial charge is 0.410 e. The topological polar surface area (TPSA) is 66.8 Å². The van der Waals surface area contributed by atoms with Gasteiger partial charge in [0.25, 0.3) is 0 Å². The summed E-state index contributed by atoms with van der Waals surface area (Å²) in [6.07, 6.45) is 1.72. The standard InChI is InChI=1S/C14H25NO4/c1-9-8-10(6-7-11(9)12(16)17)15(5)13(18)19-14(2,3)4/h9-11H,6-8H2,1-5H3,(H,16,17). The lowest BCUT2D eigenvalue weighted by molar-refractivity contribution is -0.145. The van der Waals surface area contributed by atoms with Crippen LogP contribution in [-0.4, -0.2) is 40.8 Å². The first-order valence-corrected chi connectivity index (χ1v) is 6.80. The van der Waals surface area contributed by atoms with Crippen LogP contribution in [0.2, 0.25) is 0 Å². The number of carbonyl (C=O) groups is 2. The second-order valence-electron chi connectivity index (χ2n) is 6.48. The normalized spacial score (nSPS) is 27.7. The Morgan fingerprint density at radius 3 is 2.26 bits per heavy atom. The van der Waals surface area contributed by atoms with Gasteiger partial charge in [-0.25, -0.2) is 4.79 Å². The van der Waals surface area contributed by atoms with Gasteiger partial charge in [0.15, 0.2) is 0 Å². The van der Waals surface area contributed by atoms with Crippen LogP contribution in [0.15, 0.2) is 0 Å². The number of aliphatic carboxylic acids is 1. The van der Waals surface area contributed by atoms with Crippen LogP contribution >= 0.6 is 0 Å². The fourth-order valence-corrected chi connectivity index (χ4v) is 2.57. The Bertz CT molecular complexity index is 348. The maximum absolute atomic E-state index is 12.0. The van der Waals surface area contributed by atoms with Crippen LogP contribution < -0.4 is 0 Å². The van der Waals surface area contributed by atoms with E-state index in [1.54, 1.807) is 11.9 Å². The van der Waals surface area contributed by atoms with Gasteiger partial charge in [-0.3, -0.25) is 4.79 Å². The van der Waals surface area contributed by atoms with Crippen molar-refractivity contribution in [3.63, 3.8) is 0 Å². The predicted molar refractivity (Wildman–Crippen MR) is 71.9 cm³/mol. The van der Waals surface area contributed by atoms with Gasteiger partial charge < -0.3 is 14.7 Å². The number of carboxylic acids is 1. The molecule has 0 radical (unpaired) electrons. The number of amides is 1. The molecule has 5 nitrogen and oxygen atoms in total. The molecule has 1 aliphatic carbocycles. The summed E-state index contributed by atoms with van der Waals surface area (Å²) >= 11 is 0. The summed E-state index contributed by atoms with van der Waals surface area (Å²) in [5.41, 5.74) is -0.505. The first kappa shape index (κ1) is 15.8. The summed E-state index contributed by atoms with van der Waals surface area (Å²) in [7, 11) is 1.73. The third-order valence-corrected chi connectivity index (χ3v) is 3.69. The van der Waals surface area contributed by atoms with Crippen LogP contribution in [0, 0.1) is 11.8 Å². The molecule has 1 saturated carbocycles. The monoisotopic (exact) mass is 271 g/mol. The Labute approximate surface area is 114 Å². The van der Waals surface area contributed by atoms with Gasteiger partial charge in [-0.15, -0.1) is 0 Å². The third-order valence-electron chi connectivity index (χ3n) is 3.69. The van der Waals surface area contributed by atoms with E-state index >= 15 is 0 Å². The van der Waals surface area contributed by atoms with E-state index in [-0.39, 0.29) is 24.0 Å². The summed E-state index contributed by atoms with van der Waals surface area (Å²) in [6.45, 7) is 7.45. The molecule has 0 aromatic carbocycles. The van der Waals surface area contributed by atoms with E-state index in [9.17, 15) is 9.59 Å². The quantitative estimate of drug-likeness (QED) is 0.838. The molecule has 0 spiro atoms. The summed E-state index contributed by atoms with van der Waals surface area (Å²) in [6, 6.07) is 0.0699. The van der Waals surface area contributed by atoms with Crippen LogP contribution in [-0.2, 0) is 9.53 Å². The number of ether oxygens (including phenoxy) is 1. The number of rotatable bonds is 2. The Kier molecular flexibility index (Phi) is 4.82. The Morgan fingerprint density at radius 1 is 1.26 bits per heavy atom. The summed E-state index contributed by atoms with van der Waals surface area (Å²) in [4.78, 5) is 24.6. The molecule has 1 fully saturated rings. The molecule has 110 valence electrons. The number of carboxylic acid groups (broad SMARTS) is 1. The third kappa shape index (κ3) is 4.40. The lowest BCUT2D eigenvalue weighted by atomic mass is 9.77. The number of carbonyl (C=O) groups excluding carboxylic acids is 1. The molecule has 1 N–H and O–H groups in total. The van der Waals surface area contributed by atoms with E-state index in [2.05, 4.69) is 0 Å². The fraction of sp³-hybridized carbons (Fsp3) is 0.857. The zero-order valence-corrected chi connectivity index (χ0v) is 12.5. The van der Waals surface area contributed by atoms with Gasteiger partial charge in [-0.1, -0.05) is 6.92 Å². The maximum atomic E-state index is 12.0. The van der Waals surface area contributed by atoms with Gasteiger partial charge in [0, 0.05) is 13.1 Å². The molecule has 3 unspecified atom stereocenters. The highest BCUT2D eigenvalue weighted by atomic mass is 16.6. The highest BCUT2D eigenvalue weighted by molar-refractivity contribution is 5.71. The lowest BCUT2D eigenvalue weighted by Crippen LogP contribution is -2.45. The van der Waals surface area contributed by atoms with E-state index in [1.807, 2.05) is 27.7 Å². The largest absolute Gasteiger partial charge is 0.481 e. The predicted octanol–water partition coefficient (Wildman–Crippen LogP) is 2.74. The van der Waals surface area contributed by atoms with Gasteiger partial charge in [0.1, 0.15) is 5.60 Å². The highest BCUT2D eigenvalue weighted by Crippen LogP contribution is 2.32. The Morgan fingerprint density at radius 2 is 1.84 bits per heavy atom. The molecular formula is C14H25NO4. The van der Waals surface area contributed by atoms with Crippen molar-refractivity contribution in [1.82, 2.24) is 4.90 Å². The van der Waals surface area contributed by atoms with Gasteiger partial charge in [0.2, 0.25) is 0 Å². The van der Waals surface area contributed by atoms with Crippen molar-refractivity contribution in [1.29, 1.82) is 0 Å². The van der Waals surface area contributed by atoms with Gasteiger partial charge in [-0.2, -0.15) is 0 Å². The van der Waals surface area contributed by atoms with Gasteiger partial charge in [0.05, 0.1) is 5.92 Å². The molecule has 19 heavy (non-hydrogen) atoms. The van der Waals surface area contributed by atoms with Crippen LogP contribution in [0.25, 0.3) is 0 Å². The molecule has 1 amide bonds. The molecular weight excluding hydrogens is 246 g/mol. The van der Waals surface area contributed by atoms with E-state index in [0.29, 0.717) is 12.8 Å². The molecule has 0 aromatic rings.